The van der Waals surface area contributed by atoms with Gasteiger partial charge in [-0.25, -0.2) is 0 Å². The van der Waals surface area contributed by atoms with Crippen LogP contribution in [0.25, 0.3) is 0 Å². The lowest BCUT2D eigenvalue weighted by Crippen LogP contribution is -2.47. The average molecular weight is 213 g/mol. The highest BCUT2D eigenvalue weighted by Crippen LogP contribution is 2.17. The molecule has 0 radical (unpaired) electrons. The Kier molecular flexibility index (Phi) is 5.01. The number of nitrogens with one attached hydrogen (secondary N) is 1. The van der Waals surface area contributed by atoms with Crippen LogP contribution in [-0.2, 0) is 4.79 Å². The maximum atomic E-state index is 11.3. The lowest BCUT2D eigenvalue weighted by atomic mass is 9.92. The zero-order valence-corrected chi connectivity index (χ0v) is 10.9. The van der Waals surface area contributed by atoms with Gasteiger partial charge < -0.3 is 9.80 Å². The zero-order valence-electron chi connectivity index (χ0n) is 10.9. The first-order chi connectivity index (χ1) is 6.66. The molecule has 15 heavy (non-hydrogen) atoms. The minimum Gasteiger partial charge on any atom is -0.352 e. The molecule has 0 aliphatic heterocycles. The third-order valence-electron chi connectivity index (χ3n) is 1.96. The van der Waals surface area contributed by atoms with Crippen LogP contribution < -0.4 is 5.32 Å². The van der Waals surface area contributed by atoms with Crippen molar-refractivity contribution < 1.29 is 9.28 Å². The number of hydrogen-bond donors (Lipinski definition) is 1. The summed E-state index contributed by atoms with van der Waals surface area (Å²) in [4.78, 5) is 11.3. The number of quaternary nitrogens is 1. The lowest BCUT2D eigenvalue weighted by molar-refractivity contribution is -0.876. The van der Waals surface area contributed by atoms with E-state index in [2.05, 4.69) is 40.3 Å². The first-order valence-corrected chi connectivity index (χ1v) is 5.37. The number of allylic oxidation sites excluding steroid dienone is 1. The quantitative estimate of drug-likeness (QED) is 0.543. The highest BCUT2D eigenvalue weighted by Gasteiger charge is 2.25. The van der Waals surface area contributed by atoms with Crippen LogP contribution in [0.4, 0.5) is 0 Å². The number of amides is 1. The van der Waals surface area contributed by atoms with Gasteiger partial charge in [0.2, 0.25) is 5.91 Å². The van der Waals surface area contributed by atoms with Crippen LogP contribution in [0.1, 0.15) is 20.8 Å². The molecule has 0 heterocycles. The van der Waals surface area contributed by atoms with Crippen LogP contribution in [0.3, 0.4) is 0 Å². The molecule has 1 amide bonds. The lowest BCUT2D eigenvalue weighted by Gasteiger charge is -2.34. The van der Waals surface area contributed by atoms with Crippen molar-refractivity contribution in [2.24, 2.45) is 5.41 Å². The van der Waals surface area contributed by atoms with Crippen molar-refractivity contribution in [2.75, 3.05) is 34.2 Å². The largest absolute Gasteiger partial charge is 0.352 e. The van der Waals surface area contributed by atoms with E-state index in [1.807, 2.05) is 6.92 Å². The Labute approximate surface area is 93.7 Å². The van der Waals surface area contributed by atoms with Crippen molar-refractivity contribution in [1.82, 2.24) is 5.32 Å². The van der Waals surface area contributed by atoms with Gasteiger partial charge in [-0.2, -0.15) is 0 Å². The van der Waals surface area contributed by atoms with E-state index < -0.39 is 0 Å². The minimum absolute atomic E-state index is 0.00742. The molecule has 0 aliphatic carbocycles. The second-order valence-corrected chi connectivity index (χ2v) is 5.83. The highest BCUT2D eigenvalue weighted by molar-refractivity contribution is 5.87. The molecule has 0 saturated carbocycles. The number of hydrogen-bond acceptors (Lipinski definition) is 1. The molecule has 0 spiro atoms. The Morgan fingerprint density at radius 2 is 1.87 bits per heavy atom. The number of carbonyl (C=O) groups excluding carboxylic acids is 1. The number of rotatable bonds is 5. The fraction of sp³-hybridized carbons (Fsp3) is 0.750. The van der Waals surface area contributed by atoms with E-state index in [9.17, 15) is 4.79 Å². The van der Waals surface area contributed by atoms with Crippen LogP contribution in [0, 0.1) is 5.41 Å². The second-order valence-electron chi connectivity index (χ2n) is 5.83. The number of carbonyl (C=O) groups is 1. The van der Waals surface area contributed by atoms with Gasteiger partial charge >= 0.3 is 0 Å². The van der Waals surface area contributed by atoms with Crippen molar-refractivity contribution >= 4 is 5.91 Å². The summed E-state index contributed by atoms with van der Waals surface area (Å²) < 4.78 is 0.909. The van der Waals surface area contributed by atoms with E-state index >= 15 is 0 Å². The Balaban J connectivity index is 4.10. The van der Waals surface area contributed by atoms with Crippen LogP contribution in [0.5, 0.6) is 0 Å². The zero-order chi connectivity index (χ0) is 12.1. The maximum absolute atomic E-state index is 11.3. The van der Waals surface area contributed by atoms with E-state index in [1.165, 1.54) is 0 Å². The van der Waals surface area contributed by atoms with Gasteiger partial charge in [0, 0.05) is 12.0 Å². The van der Waals surface area contributed by atoms with Gasteiger partial charge in [0.1, 0.15) is 0 Å². The predicted octanol–water partition coefficient (Wildman–Crippen LogP) is 1.41. The smallest absolute Gasteiger partial charge is 0.243 e. The van der Waals surface area contributed by atoms with Gasteiger partial charge in [0.25, 0.3) is 0 Å². The molecule has 1 N–H and O–H groups in total. The summed E-state index contributed by atoms with van der Waals surface area (Å²) in [6, 6.07) is 0. The molecule has 0 saturated heterocycles. The van der Waals surface area contributed by atoms with Crippen molar-refractivity contribution in [3.63, 3.8) is 0 Å². The van der Waals surface area contributed by atoms with E-state index in [1.54, 1.807) is 12.2 Å². The molecular weight excluding hydrogens is 188 g/mol. The fourth-order valence-corrected chi connectivity index (χ4v) is 1.88. The molecule has 0 rings (SSSR count). The maximum Gasteiger partial charge on any atom is 0.243 e. The van der Waals surface area contributed by atoms with Crippen LogP contribution >= 0.6 is 0 Å². The minimum atomic E-state index is -0.00742. The van der Waals surface area contributed by atoms with Gasteiger partial charge in [-0.3, -0.25) is 4.79 Å². The molecule has 3 nitrogen and oxygen atoms in total. The average Bonchev–Trinajstić information content (AvgIpc) is 1.97. The standard InChI is InChI=1S/C12H24N2O/c1-7-8-11(15)13-9-12(2,3)10-14(4,5)6/h7-8H,9-10H2,1-6H3/p+1. The molecule has 0 unspecified atom stereocenters. The summed E-state index contributed by atoms with van der Waals surface area (Å²) >= 11 is 0. The third-order valence-corrected chi connectivity index (χ3v) is 1.96. The molecule has 0 aromatic rings. The highest BCUT2D eigenvalue weighted by atomic mass is 16.1. The molecule has 3 heteroatoms. The second kappa shape index (κ2) is 5.31. The molecule has 0 aromatic heterocycles. The van der Waals surface area contributed by atoms with Crippen LogP contribution in [0.15, 0.2) is 12.2 Å². The molecule has 88 valence electrons. The fourth-order valence-electron chi connectivity index (χ4n) is 1.88. The SMILES string of the molecule is CC=CC(=O)NCC(C)(C)C[N+](C)(C)C. The van der Waals surface area contributed by atoms with Crippen LogP contribution in [-0.4, -0.2) is 44.6 Å². The molecule has 0 bridgehead atoms. The van der Waals surface area contributed by atoms with Crippen molar-refractivity contribution in [3.8, 4) is 0 Å². The molecule has 0 aromatic carbocycles. The predicted molar refractivity (Wildman–Crippen MR) is 64.5 cm³/mol. The van der Waals surface area contributed by atoms with E-state index in [0.29, 0.717) is 6.54 Å². The third kappa shape index (κ3) is 8.18. The topological polar surface area (TPSA) is 29.1 Å². The summed E-state index contributed by atoms with van der Waals surface area (Å²) in [5, 5.41) is 2.91. The molecule has 0 atom stereocenters. The van der Waals surface area contributed by atoms with Gasteiger partial charge in [-0.15, -0.1) is 0 Å². The first kappa shape index (κ1) is 14.2. The Hall–Kier alpha value is -0.830. The van der Waals surface area contributed by atoms with Crippen molar-refractivity contribution in [1.29, 1.82) is 0 Å². The Bertz CT molecular complexity index is 236. The molecule has 0 aliphatic rings. The monoisotopic (exact) mass is 213 g/mol. The molecular formula is C12H25N2O+. The number of nitrogens with zero attached hydrogens (tertiary/aromatic N) is 1. The van der Waals surface area contributed by atoms with Crippen molar-refractivity contribution in [3.05, 3.63) is 12.2 Å². The summed E-state index contributed by atoms with van der Waals surface area (Å²) in [6.45, 7) is 7.93. The summed E-state index contributed by atoms with van der Waals surface area (Å²) in [6.07, 6.45) is 3.31. The Morgan fingerprint density at radius 3 is 2.27 bits per heavy atom. The van der Waals surface area contributed by atoms with Gasteiger partial charge in [-0.1, -0.05) is 19.9 Å². The normalized spacial score (nSPS) is 13.2. The van der Waals surface area contributed by atoms with Gasteiger partial charge in [-0.05, 0) is 13.0 Å². The van der Waals surface area contributed by atoms with Crippen LogP contribution in [0.2, 0.25) is 0 Å². The molecule has 0 fully saturated rings. The van der Waals surface area contributed by atoms with Crippen molar-refractivity contribution in [2.45, 2.75) is 20.8 Å². The summed E-state index contributed by atoms with van der Waals surface area (Å²) in [7, 11) is 6.49. The summed E-state index contributed by atoms with van der Waals surface area (Å²) in [5.41, 5.74) is 0.121. The first-order valence-electron chi connectivity index (χ1n) is 5.37. The summed E-state index contributed by atoms with van der Waals surface area (Å²) in [5.74, 6) is -0.00742. The van der Waals surface area contributed by atoms with Gasteiger partial charge in [0.05, 0.1) is 27.7 Å². The van der Waals surface area contributed by atoms with E-state index in [0.717, 1.165) is 11.0 Å². The Morgan fingerprint density at radius 1 is 1.33 bits per heavy atom. The van der Waals surface area contributed by atoms with E-state index in [4.69, 9.17) is 0 Å². The van der Waals surface area contributed by atoms with Gasteiger partial charge in [0.15, 0.2) is 0 Å². The van der Waals surface area contributed by atoms with E-state index in [-0.39, 0.29) is 11.3 Å².